The summed E-state index contributed by atoms with van der Waals surface area (Å²) in [7, 11) is 0. The lowest BCUT2D eigenvalue weighted by Gasteiger charge is -2.23. The highest BCUT2D eigenvalue weighted by Gasteiger charge is 2.10. The van der Waals surface area contributed by atoms with Crippen LogP contribution in [0.1, 0.15) is 141 Å². The van der Waals surface area contributed by atoms with Crippen LogP contribution in [-0.4, -0.2) is 35.3 Å². The third kappa shape index (κ3) is 13.8. The Labute approximate surface area is 225 Å². The summed E-state index contributed by atoms with van der Waals surface area (Å²) in [6, 6.07) is 0. The topological polar surface area (TPSA) is 6.25 Å². The Morgan fingerprint density at radius 2 is 1.25 bits per heavy atom. The van der Waals surface area contributed by atoms with Crippen LogP contribution in [0.15, 0.2) is 36.1 Å². The lowest BCUT2D eigenvalue weighted by molar-refractivity contribution is -0.489. The molecular formula is C34H58N2. The highest BCUT2D eigenvalue weighted by atomic mass is 15.1. The van der Waals surface area contributed by atoms with Crippen molar-refractivity contribution in [2.24, 2.45) is 5.92 Å². The Balaban J connectivity index is 1.33. The van der Waals surface area contributed by atoms with E-state index in [9.17, 15) is 0 Å². The molecule has 4 bridgehead atoms. The average molecular weight is 495 g/mol. The first kappa shape index (κ1) is 29.1. The Hall–Kier alpha value is -1.44. The quantitative estimate of drug-likeness (QED) is 0.240. The van der Waals surface area contributed by atoms with Gasteiger partial charge in [0.25, 0.3) is 0 Å². The van der Waals surface area contributed by atoms with Gasteiger partial charge in [-0.3, -0.25) is 0 Å². The summed E-state index contributed by atoms with van der Waals surface area (Å²) in [6.45, 7) is 6.07. The summed E-state index contributed by atoms with van der Waals surface area (Å²) in [5, 5.41) is 0. The van der Waals surface area contributed by atoms with Gasteiger partial charge in [0.2, 0.25) is 0 Å². The normalized spacial score (nSPS) is 25.8. The summed E-state index contributed by atoms with van der Waals surface area (Å²) in [4.78, 5) is 2.56. The van der Waals surface area contributed by atoms with E-state index in [0.717, 1.165) is 6.54 Å². The predicted molar refractivity (Wildman–Crippen MR) is 158 cm³/mol. The molecular weight excluding hydrogens is 436 g/mol. The van der Waals surface area contributed by atoms with E-state index in [1.165, 1.54) is 154 Å². The van der Waals surface area contributed by atoms with Crippen LogP contribution in [-0.2, 0) is 0 Å². The van der Waals surface area contributed by atoms with Gasteiger partial charge in [-0.25, -0.2) is 0 Å². The maximum atomic E-state index is 2.56. The molecule has 0 aromatic rings. The second kappa shape index (κ2) is 19.6. The van der Waals surface area contributed by atoms with Gasteiger partial charge in [-0.15, -0.1) is 6.08 Å². The van der Waals surface area contributed by atoms with Crippen molar-refractivity contribution in [1.82, 2.24) is 4.90 Å². The number of rotatable bonds is 0. The lowest BCUT2D eigenvalue weighted by Crippen LogP contribution is -2.21. The van der Waals surface area contributed by atoms with Gasteiger partial charge < -0.3 is 9.48 Å². The minimum Gasteiger partial charge on any atom is -0.373 e. The number of fused-ring (bicyclic) bond motifs is 3. The minimum atomic E-state index is 0.665. The molecule has 3 rings (SSSR count). The Bertz CT molecular complexity index is 671. The monoisotopic (exact) mass is 494 g/mol. The molecule has 0 saturated heterocycles. The fourth-order valence-corrected chi connectivity index (χ4v) is 6.09. The molecule has 0 amide bonds. The molecule has 204 valence electrons. The third-order valence-corrected chi connectivity index (χ3v) is 8.40. The van der Waals surface area contributed by atoms with Crippen molar-refractivity contribution in [3.05, 3.63) is 42.6 Å². The van der Waals surface area contributed by atoms with Crippen LogP contribution in [0, 0.1) is 12.5 Å². The van der Waals surface area contributed by atoms with Crippen LogP contribution in [0.2, 0.25) is 0 Å². The summed E-state index contributed by atoms with van der Waals surface area (Å²) >= 11 is 0. The van der Waals surface area contributed by atoms with Crippen molar-refractivity contribution in [1.29, 1.82) is 0 Å². The van der Waals surface area contributed by atoms with Gasteiger partial charge in [-0.1, -0.05) is 127 Å². The van der Waals surface area contributed by atoms with Crippen molar-refractivity contribution in [3.63, 3.8) is 0 Å². The first-order valence-electron chi connectivity index (χ1n) is 16.1. The number of nitrogens with zero attached hydrogens (tertiary/aromatic N) is 2. The highest BCUT2D eigenvalue weighted by Crippen LogP contribution is 2.20. The molecule has 2 heteroatoms. The van der Waals surface area contributed by atoms with E-state index in [1.54, 1.807) is 5.57 Å². The van der Waals surface area contributed by atoms with Gasteiger partial charge >= 0.3 is 0 Å². The first-order chi connectivity index (χ1) is 17.9. The molecule has 0 fully saturated rings. The first-order valence-corrected chi connectivity index (χ1v) is 16.1. The average Bonchev–Trinajstić information content (AvgIpc) is 2.90. The second-order valence-corrected chi connectivity index (χ2v) is 11.8. The van der Waals surface area contributed by atoms with E-state index >= 15 is 0 Å². The molecule has 0 radical (unpaired) electrons. The van der Waals surface area contributed by atoms with Gasteiger partial charge in [0, 0.05) is 38.5 Å². The maximum absolute atomic E-state index is 2.56. The van der Waals surface area contributed by atoms with E-state index in [4.69, 9.17) is 0 Å². The van der Waals surface area contributed by atoms with Crippen molar-refractivity contribution in [2.45, 2.75) is 141 Å². The molecule has 3 aliphatic rings. The van der Waals surface area contributed by atoms with Crippen LogP contribution in [0.4, 0.5) is 0 Å². The van der Waals surface area contributed by atoms with Crippen molar-refractivity contribution >= 4 is 6.21 Å². The predicted octanol–water partition coefficient (Wildman–Crippen LogP) is 9.77. The molecule has 1 atom stereocenters. The molecule has 0 aromatic carbocycles. The van der Waals surface area contributed by atoms with Gasteiger partial charge in [0.05, 0.1) is 0 Å². The number of hydrogen-bond donors (Lipinski definition) is 0. The fourth-order valence-electron chi connectivity index (χ4n) is 6.09. The smallest absolute Gasteiger partial charge is 0.115 e. The third-order valence-electron chi connectivity index (χ3n) is 8.40. The van der Waals surface area contributed by atoms with Gasteiger partial charge in [-0.2, -0.15) is 0 Å². The Kier molecular flexibility index (Phi) is 15.9. The minimum absolute atomic E-state index is 0.665. The molecule has 1 unspecified atom stereocenters. The molecule has 0 aliphatic carbocycles. The number of allylic oxidation sites excluding steroid dienone is 3. The zero-order valence-corrected chi connectivity index (χ0v) is 23.7. The molecule has 3 aliphatic heterocycles. The largest absolute Gasteiger partial charge is 0.373 e. The van der Waals surface area contributed by atoms with E-state index in [2.05, 4.69) is 52.7 Å². The van der Waals surface area contributed by atoms with Gasteiger partial charge in [-0.05, 0) is 37.2 Å². The zero-order chi connectivity index (χ0) is 24.9. The molecule has 0 aromatic heterocycles. The molecule has 2 nitrogen and oxygen atoms in total. The standard InChI is InChI=1S/C34H58N2/c1-2-4-7-11-15-19-27-35-29-22-26-34(32-35)24-18-14-10-6-8-12-16-20-28-36-30-21-25-33(31-36)23-17-13-9-5-3-1/h21-22,25-26,30-33H,1-20,23-24,27-29H2. The molecule has 3 heterocycles. The maximum Gasteiger partial charge on any atom is 0.115 e. The summed E-state index contributed by atoms with van der Waals surface area (Å²) in [6.07, 6.45) is 45.2. The van der Waals surface area contributed by atoms with Gasteiger partial charge in [0.15, 0.2) is 0 Å². The zero-order valence-electron chi connectivity index (χ0n) is 23.7. The van der Waals surface area contributed by atoms with Crippen LogP contribution < -0.4 is 0 Å². The van der Waals surface area contributed by atoms with E-state index < -0.39 is 0 Å². The Morgan fingerprint density at radius 3 is 1.94 bits per heavy atom. The number of hydrogen-bond acceptors (Lipinski definition) is 1. The summed E-state index contributed by atoms with van der Waals surface area (Å²) in [5.74, 6) is 0.665. The van der Waals surface area contributed by atoms with E-state index in [-0.39, 0.29) is 0 Å². The Morgan fingerprint density at radius 1 is 0.667 bits per heavy atom. The molecule has 0 saturated carbocycles. The van der Waals surface area contributed by atoms with Crippen molar-refractivity contribution in [3.8, 4) is 0 Å². The molecule has 36 heavy (non-hydrogen) atoms. The van der Waals surface area contributed by atoms with Crippen LogP contribution >= 0.6 is 0 Å². The van der Waals surface area contributed by atoms with E-state index in [1.807, 2.05) is 0 Å². The fraction of sp³-hybridized carbons (Fsp3) is 0.765. The van der Waals surface area contributed by atoms with Gasteiger partial charge in [0.1, 0.15) is 6.54 Å². The van der Waals surface area contributed by atoms with E-state index in [0.29, 0.717) is 5.92 Å². The SMILES string of the molecule is C1=CC2[CH-][N+](=C1)CCCCCCCCCCC1=CN(CC=C1)CCCCCCCCCCCCCC2. The molecule has 0 N–H and O–H groups in total. The molecule has 0 spiro atoms. The second-order valence-electron chi connectivity index (χ2n) is 11.8. The summed E-state index contributed by atoms with van der Waals surface area (Å²) < 4.78 is 2.47. The van der Waals surface area contributed by atoms with Crippen LogP contribution in [0.3, 0.4) is 0 Å². The van der Waals surface area contributed by atoms with Crippen molar-refractivity contribution < 1.29 is 4.58 Å². The van der Waals surface area contributed by atoms with Crippen molar-refractivity contribution in [2.75, 3.05) is 19.6 Å². The van der Waals surface area contributed by atoms with Crippen LogP contribution in [0.5, 0.6) is 0 Å². The van der Waals surface area contributed by atoms with Crippen LogP contribution in [0.25, 0.3) is 0 Å². The highest BCUT2D eigenvalue weighted by molar-refractivity contribution is 5.67. The summed E-state index contributed by atoms with van der Waals surface area (Å²) in [5.41, 5.74) is 1.56. The lowest BCUT2D eigenvalue weighted by atomic mass is 9.97.